The summed E-state index contributed by atoms with van der Waals surface area (Å²) in [6, 6.07) is 2.78. The molecule has 0 fully saturated rings. The van der Waals surface area contributed by atoms with Gasteiger partial charge in [-0.1, -0.05) is 12.1 Å². The van der Waals surface area contributed by atoms with E-state index in [1.807, 2.05) is 0 Å². The Morgan fingerprint density at radius 1 is 1.26 bits per heavy atom. The topological polar surface area (TPSA) is 63.3 Å². The summed E-state index contributed by atoms with van der Waals surface area (Å²) in [5, 5.41) is 9.61. The van der Waals surface area contributed by atoms with Gasteiger partial charge in [0, 0.05) is 22.2 Å². The van der Waals surface area contributed by atoms with Crippen molar-refractivity contribution in [3.63, 3.8) is 0 Å². The van der Waals surface area contributed by atoms with Crippen LogP contribution in [0.15, 0.2) is 18.2 Å². The van der Waals surface area contributed by atoms with Crippen LogP contribution in [0, 0.1) is 5.82 Å². The third-order valence-corrected chi connectivity index (χ3v) is 4.47. The van der Waals surface area contributed by atoms with E-state index in [1.54, 1.807) is 13.8 Å². The van der Waals surface area contributed by atoms with Crippen molar-refractivity contribution < 1.29 is 22.5 Å². The smallest absolute Gasteiger partial charge is 0.384 e. The second kappa shape index (κ2) is 6.83. The molecular weight excluding hydrogens is 327 g/mol. The van der Waals surface area contributed by atoms with E-state index in [1.165, 1.54) is 12.1 Å². The fourth-order valence-corrected chi connectivity index (χ4v) is 2.31. The van der Waals surface area contributed by atoms with Crippen molar-refractivity contribution in [2.75, 3.05) is 0 Å². The molecule has 0 aromatic heterocycles. The van der Waals surface area contributed by atoms with E-state index in [4.69, 9.17) is 5.73 Å². The van der Waals surface area contributed by atoms with Crippen LogP contribution in [0.3, 0.4) is 0 Å². The first-order chi connectivity index (χ1) is 10.3. The second-order valence-electron chi connectivity index (χ2n) is 6.83. The Balaban J connectivity index is 3.12. The molecule has 1 aromatic rings. The molecule has 0 radical (unpaired) electrons. The number of alkyl halides is 2. The first kappa shape index (κ1) is 20.0. The van der Waals surface area contributed by atoms with E-state index in [0.717, 1.165) is 19.9 Å². The minimum absolute atomic E-state index is 0.0434. The third-order valence-electron chi connectivity index (χ3n) is 3.82. The van der Waals surface area contributed by atoms with E-state index in [-0.39, 0.29) is 12.0 Å². The molecule has 7 heteroatoms. The highest BCUT2D eigenvalue weighted by molar-refractivity contribution is 7.67. The minimum Gasteiger partial charge on any atom is -0.384 e. The maximum absolute atomic E-state index is 14.5. The third kappa shape index (κ3) is 4.49. The van der Waals surface area contributed by atoms with Gasteiger partial charge in [-0.15, -0.1) is 0 Å². The molecule has 0 heterocycles. The lowest BCUT2D eigenvalue weighted by atomic mass is 9.89. The van der Waals surface area contributed by atoms with Crippen LogP contribution >= 0.6 is 0 Å². The fraction of sp³-hybridized carbons (Fsp3) is 0.625. The summed E-state index contributed by atoms with van der Waals surface area (Å²) in [5.74, 6) is -4.86. The molecule has 1 aromatic carbocycles. The van der Waals surface area contributed by atoms with Crippen molar-refractivity contribution in [2.45, 2.75) is 62.8 Å². The molecule has 0 aliphatic rings. The molecule has 0 spiro atoms. The fourth-order valence-electron chi connectivity index (χ4n) is 2.11. The average Bonchev–Trinajstić information content (AvgIpc) is 2.43. The molecule has 0 amide bonds. The van der Waals surface area contributed by atoms with Gasteiger partial charge in [-0.05, 0) is 40.2 Å². The summed E-state index contributed by atoms with van der Waals surface area (Å²) >= 11 is 0.427. The molecule has 1 unspecified atom stereocenters. The first-order valence-corrected chi connectivity index (χ1v) is 8.03. The van der Waals surface area contributed by atoms with Crippen molar-refractivity contribution in [1.29, 1.82) is 0 Å². The summed E-state index contributed by atoms with van der Waals surface area (Å²) in [6.07, 6.45) is 0.713. The summed E-state index contributed by atoms with van der Waals surface area (Å²) in [6.45, 7) is 5.33. The van der Waals surface area contributed by atoms with Gasteiger partial charge in [0.1, 0.15) is 11.4 Å². The molecule has 130 valence electrons. The molecule has 23 heavy (non-hydrogen) atoms. The van der Waals surface area contributed by atoms with Crippen molar-refractivity contribution in [3.05, 3.63) is 35.1 Å². The molecule has 0 aliphatic carbocycles. The van der Waals surface area contributed by atoms with Gasteiger partial charge in [-0.3, -0.25) is 0 Å². The Morgan fingerprint density at radius 3 is 2.30 bits per heavy atom. The maximum Gasteiger partial charge on any atom is 0.464 e. The number of halogens is 3. The highest BCUT2D eigenvalue weighted by Crippen LogP contribution is 2.41. The Bertz CT molecular complexity index is 571. The Labute approximate surface area is 138 Å². The van der Waals surface area contributed by atoms with Crippen LogP contribution in [0.5, 0.6) is 0 Å². The van der Waals surface area contributed by atoms with Crippen LogP contribution in [0.2, 0.25) is 0 Å². The number of hydrogen-bond acceptors (Lipinski definition) is 3. The van der Waals surface area contributed by atoms with Gasteiger partial charge in [-0.25, -0.2) is 4.39 Å². The Kier molecular flexibility index (Phi) is 5.93. The Hall–Kier alpha value is -1.05. The van der Waals surface area contributed by atoms with E-state index < -0.39 is 33.7 Å². The van der Waals surface area contributed by atoms with Gasteiger partial charge >= 0.3 is 17.6 Å². The SMILES string of the molecule is CC(C)(CCC(N)c1cccc(C(F)(F)C(C)(C)O)c1F)[S+]=O. The number of rotatable bonds is 7. The molecule has 3 nitrogen and oxygen atoms in total. The molecule has 3 N–H and O–H groups in total. The van der Waals surface area contributed by atoms with E-state index in [0.29, 0.717) is 18.1 Å². The average molecular weight is 350 g/mol. The van der Waals surface area contributed by atoms with Crippen LogP contribution in [0.25, 0.3) is 0 Å². The van der Waals surface area contributed by atoms with Gasteiger partial charge in [0.15, 0.2) is 0 Å². The van der Waals surface area contributed by atoms with Crippen molar-refractivity contribution >= 4 is 11.7 Å². The summed E-state index contributed by atoms with van der Waals surface area (Å²) in [7, 11) is 0. The van der Waals surface area contributed by atoms with E-state index in [9.17, 15) is 22.5 Å². The zero-order valence-corrected chi connectivity index (χ0v) is 14.5. The van der Waals surface area contributed by atoms with Crippen LogP contribution in [0.4, 0.5) is 13.2 Å². The first-order valence-electron chi connectivity index (χ1n) is 7.29. The molecule has 0 saturated heterocycles. The largest absolute Gasteiger partial charge is 0.464 e. The molecule has 0 saturated carbocycles. The minimum atomic E-state index is -3.75. The summed E-state index contributed by atoms with van der Waals surface area (Å²) in [5.41, 5.74) is 2.59. The normalized spacial score (nSPS) is 14.7. The lowest BCUT2D eigenvalue weighted by Crippen LogP contribution is -2.41. The van der Waals surface area contributed by atoms with Crippen LogP contribution in [0.1, 0.15) is 57.7 Å². The van der Waals surface area contributed by atoms with Crippen molar-refractivity contribution in [1.82, 2.24) is 0 Å². The van der Waals surface area contributed by atoms with Gasteiger partial charge < -0.3 is 10.8 Å². The molecule has 1 rings (SSSR count). The number of hydrogen-bond donors (Lipinski definition) is 2. The van der Waals surface area contributed by atoms with Gasteiger partial charge in [0.25, 0.3) is 0 Å². The maximum atomic E-state index is 14.5. The molecular formula is C16H23F3NO2S+. The van der Waals surface area contributed by atoms with Gasteiger partial charge in [-0.2, -0.15) is 8.78 Å². The zero-order chi connectivity index (χ0) is 18.1. The summed E-state index contributed by atoms with van der Waals surface area (Å²) < 4.78 is 53.3. The quantitative estimate of drug-likeness (QED) is 0.738. The van der Waals surface area contributed by atoms with Crippen LogP contribution in [-0.2, 0) is 21.8 Å². The lowest BCUT2D eigenvalue weighted by molar-refractivity contribution is -0.170. The Morgan fingerprint density at radius 2 is 1.83 bits per heavy atom. The highest BCUT2D eigenvalue weighted by Gasteiger charge is 2.49. The lowest BCUT2D eigenvalue weighted by Gasteiger charge is -2.30. The molecule has 1 atom stereocenters. The number of benzene rings is 1. The number of aliphatic hydroxyl groups is 1. The van der Waals surface area contributed by atoms with Crippen LogP contribution in [-0.4, -0.2) is 15.5 Å². The molecule has 0 aliphatic heterocycles. The van der Waals surface area contributed by atoms with Gasteiger partial charge in [0.05, 0.1) is 5.56 Å². The van der Waals surface area contributed by atoms with Crippen molar-refractivity contribution in [2.24, 2.45) is 5.73 Å². The number of nitrogens with two attached hydrogens (primary N) is 1. The summed E-state index contributed by atoms with van der Waals surface area (Å²) in [4.78, 5) is 0. The predicted molar refractivity (Wildman–Crippen MR) is 84.9 cm³/mol. The predicted octanol–water partition coefficient (Wildman–Crippen LogP) is 3.68. The van der Waals surface area contributed by atoms with Gasteiger partial charge in [0.2, 0.25) is 4.75 Å². The zero-order valence-electron chi connectivity index (χ0n) is 13.7. The van der Waals surface area contributed by atoms with Crippen molar-refractivity contribution in [3.8, 4) is 0 Å². The van der Waals surface area contributed by atoms with E-state index in [2.05, 4.69) is 0 Å². The highest BCUT2D eigenvalue weighted by atomic mass is 32.1. The molecule has 0 bridgehead atoms. The van der Waals surface area contributed by atoms with Crippen LogP contribution < -0.4 is 5.73 Å². The second-order valence-corrected chi connectivity index (χ2v) is 8.10. The monoisotopic (exact) mass is 350 g/mol. The van der Waals surface area contributed by atoms with E-state index >= 15 is 0 Å². The standard InChI is InChI=1S/C16H23F3NO2S/c1-14(2,23-22)9-8-12(20)10-6-5-7-11(13(10)17)16(18,19)15(3,4)21/h5-7,12,21H,8-9,20H2,1-4H3/q+1.